The first kappa shape index (κ1) is 25.6. The Bertz CT molecular complexity index is 1120. The van der Waals surface area contributed by atoms with Gasteiger partial charge >= 0.3 is 0 Å². The van der Waals surface area contributed by atoms with Crippen LogP contribution >= 0.6 is 23.2 Å². The van der Waals surface area contributed by atoms with Crippen LogP contribution in [0.1, 0.15) is 12.5 Å². The van der Waals surface area contributed by atoms with Crippen molar-refractivity contribution in [3.63, 3.8) is 0 Å². The maximum atomic E-state index is 13.6. The molecule has 1 fully saturated rings. The molecule has 1 unspecified atom stereocenters. The fraction of sp³-hybridized carbons (Fsp3) is 0.375. The lowest BCUT2D eigenvalue weighted by Gasteiger charge is -2.41. The second kappa shape index (κ2) is 10.5. The second-order valence-corrected chi connectivity index (χ2v) is 8.65. The number of carbonyl (C=O) groups excluding carboxylic acids is 2. The minimum atomic E-state index is -0.457. The molecular formula is C24H26Cl2N4O4. The third-order valence-corrected chi connectivity index (χ3v) is 6.65. The lowest BCUT2D eigenvalue weighted by molar-refractivity contribution is -0.128. The third kappa shape index (κ3) is 4.78. The molecule has 0 aliphatic carbocycles. The van der Waals surface area contributed by atoms with E-state index in [-0.39, 0.29) is 45.5 Å². The van der Waals surface area contributed by atoms with E-state index in [2.05, 4.69) is 23.3 Å². The normalized spacial score (nSPS) is 18.9. The van der Waals surface area contributed by atoms with Gasteiger partial charge in [-0.05, 0) is 26.0 Å². The van der Waals surface area contributed by atoms with E-state index in [1.807, 2.05) is 7.05 Å². The number of likely N-dealkylation sites (N-methyl/N-ethyl adjacent to an activating group) is 1. The molecule has 3 rings (SSSR count). The Labute approximate surface area is 209 Å². The van der Waals surface area contributed by atoms with Crippen molar-refractivity contribution >= 4 is 46.4 Å². The summed E-state index contributed by atoms with van der Waals surface area (Å²) in [7, 11) is 4.82. The summed E-state index contributed by atoms with van der Waals surface area (Å²) >= 11 is 13.1. The smallest absolute Gasteiger partial charge is 0.298 e. The number of carbonyl (C=O) groups is 2. The number of piperazine rings is 1. The standard InChI is InChI=1S/C24H26Cl2N4O4/c1-6-7-19(31)29-9-8-28(3)15(12-29)13-30-23(27)14(2)10-16(24(30)32)20-21(25)17(33-4)11-18(34-5)22(20)26/h10-11,15,27H,2,8-9,12-13H2,1,3-5H3. The molecule has 0 spiro atoms. The van der Waals surface area contributed by atoms with E-state index in [1.165, 1.54) is 25.2 Å². The van der Waals surface area contributed by atoms with E-state index < -0.39 is 5.91 Å². The van der Waals surface area contributed by atoms with E-state index >= 15 is 0 Å². The molecule has 2 aliphatic rings. The molecule has 10 heteroatoms. The Balaban J connectivity index is 1.98. The summed E-state index contributed by atoms with van der Waals surface area (Å²) in [6, 6.07) is 1.33. The number of amides is 2. The largest absolute Gasteiger partial charge is 0.495 e. The number of halogens is 2. The first-order chi connectivity index (χ1) is 16.1. The zero-order chi connectivity index (χ0) is 25.2. The summed E-state index contributed by atoms with van der Waals surface area (Å²) in [6.07, 6.45) is 1.49. The summed E-state index contributed by atoms with van der Waals surface area (Å²) in [5.41, 5.74) is 0.749. The van der Waals surface area contributed by atoms with Gasteiger partial charge in [0.05, 0.1) is 29.8 Å². The Morgan fingerprint density at radius 2 is 1.85 bits per heavy atom. The number of rotatable bonds is 5. The van der Waals surface area contributed by atoms with Crippen molar-refractivity contribution < 1.29 is 19.1 Å². The zero-order valence-corrected chi connectivity index (χ0v) is 21.0. The molecule has 2 aliphatic heterocycles. The second-order valence-electron chi connectivity index (χ2n) is 7.89. The van der Waals surface area contributed by atoms with Crippen LogP contribution in [0.15, 0.2) is 24.3 Å². The molecule has 1 N–H and O–H groups in total. The number of amidine groups is 1. The lowest BCUT2D eigenvalue weighted by atomic mass is 9.96. The van der Waals surface area contributed by atoms with Crippen molar-refractivity contribution in [2.45, 2.75) is 13.0 Å². The maximum absolute atomic E-state index is 13.6. The Morgan fingerprint density at radius 1 is 1.24 bits per heavy atom. The Morgan fingerprint density at radius 3 is 2.41 bits per heavy atom. The quantitative estimate of drug-likeness (QED) is 0.623. The highest BCUT2D eigenvalue weighted by Crippen LogP contribution is 2.45. The molecule has 2 amide bonds. The number of methoxy groups -OCH3 is 2. The van der Waals surface area contributed by atoms with Gasteiger partial charge in [-0.2, -0.15) is 0 Å². The van der Waals surface area contributed by atoms with Gasteiger partial charge in [0, 0.05) is 49.4 Å². The van der Waals surface area contributed by atoms with Crippen molar-refractivity contribution in [2.24, 2.45) is 0 Å². The number of ether oxygens (including phenoxy) is 2. The van der Waals surface area contributed by atoms with Crippen molar-refractivity contribution in [3.8, 4) is 23.3 Å². The van der Waals surface area contributed by atoms with Crippen LogP contribution in [0.3, 0.4) is 0 Å². The first-order valence-electron chi connectivity index (χ1n) is 10.5. The van der Waals surface area contributed by atoms with Gasteiger partial charge in [-0.1, -0.05) is 35.7 Å². The van der Waals surface area contributed by atoms with E-state index in [4.69, 9.17) is 38.1 Å². The average Bonchev–Trinajstić information content (AvgIpc) is 2.81. The van der Waals surface area contributed by atoms with Gasteiger partial charge in [-0.3, -0.25) is 24.8 Å². The van der Waals surface area contributed by atoms with Gasteiger partial charge in [-0.25, -0.2) is 0 Å². The maximum Gasteiger partial charge on any atom is 0.298 e. The molecule has 8 nitrogen and oxygen atoms in total. The predicted molar refractivity (Wildman–Crippen MR) is 133 cm³/mol. The SMILES string of the molecule is C=C1C=C(c2c(Cl)c(OC)cc(OC)c2Cl)C(=O)N(CC2CN(C(=O)C#CC)CCN2C)C1=N. The van der Waals surface area contributed by atoms with E-state index in [9.17, 15) is 9.59 Å². The molecule has 1 saturated heterocycles. The van der Waals surface area contributed by atoms with Crippen LogP contribution in [-0.4, -0.2) is 85.8 Å². The Hall–Kier alpha value is -2.99. The predicted octanol–water partition coefficient (Wildman–Crippen LogP) is 2.94. The monoisotopic (exact) mass is 504 g/mol. The number of nitrogens with zero attached hydrogens (tertiary/aromatic N) is 3. The van der Waals surface area contributed by atoms with Crippen LogP contribution in [0.2, 0.25) is 10.0 Å². The molecule has 0 bridgehead atoms. The van der Waals surface area contributed by atoms with Crippen LogP contribution in [0, 0.1) is 17.3 Å². The molecule has 0 radical (unpaired) electrons. The molecule has 0 saturated carbocycles. The molecule has 0 aromatic heterocycles. The van der Waals surface area contributed by atoms with Gasteiger partial charge in [0.15, 0.2) is 0 Å². The fourth-order valence-electron chi connectivity index (χ4n) is 3.92. The van der Waals surface area contributed by atoms with Gasteiger partial charge in [0.1, 0.15) is 17.3 Å². The molecule has 34 heavy (non-hydrogen) atoms. The molecular weight excluding hydrogens is 479 g/mol. The van der Waals surface area contributed by atoms with E-state index in [0.29, 0.717) is 36.7 Å². The number of hydrogen-bond donors (Lipinski definition) is 1. The van der Waals surface area contributed by atoms with Gasteiger partial charge in [0.2, 0.25) is 0 Å². The van der Waals surface area contributed by atoms with Crippen molar-refractivity contribution in [1.29, 1.82) is 5.41 Å². The van der Waals surface area contributed by atoms with Crippen LogP contribution < -0.4 is 9.47 Å². The Kier molecular flexibility index (Phi) is 7.93. The highest BCUT2D eigenvalue weighted by molar-refractivity contribution is 6.43. The van der Waals surface area contributed by atoms with Crippen LogP contribution in [0.4, 0.5) is 0 Å². The number of hydrogen-bond acceptors (Lipinski definition) is 6. The molecule has 1 aromatic carbocycles. The molecule has 2 heterocycles. The highest BCUT2D eigenvalue weighted by Gasteiger charge is 2.36. The summed E-state index contributed by atoms with van der Waals surface area (Å²) in [5.74, 6) is 5.04. The summed E-state index contributed by atoms with van der Waals surface area (Å²) in [5, 5.41) is 8.81. The first-order valence-corrected chi connectivity index (χ1v) is 11.2. The summed E-state index contributed by atoms with van der Waals surface area (Å²) in [4.78, 5) is 31.0. The molecule has 180 valence electrons. The van der Waals surface area contributed by atoms with E-state index in [0.717, 1.165) is 0 Å². The number of benzene rings is 1. The minimum Gasteiger partial charge on any atom is -0.495 e. The number of nitrogens with one attached hydrogen (secondary N) is 1. The van der Waals surface area contributed by atoms with Crippen LogP contribution in [0.25, 0.3) is 5.57 Å². The van der Waals surface area contributed by atoms with Crippen LogP contribution in [-0.2, 0) is 9.59 Å². The molecule has 1 atom stereocenters. The van der Waals surface area contributed by atoms with Crippen molar-refractivity contribution in [2.75, 3.05) is 47.4 Å². The van der Waals surface area contributed by atoms with Gasteiger partial charge in [-0.15, -0.1) is 0 Å². The summed E-state index contributed by atoms with van der Waals surface area (Å²) in [6.45, 7) is 7.26. The summed E-state index contributed by atoms with van der Waals surface area (Å²) < 4.78 is 10.7. The van der Waals surface area contributed by atoms with Crippen molar-refractivity contribution in [3.05, 3.63) is 39.9 Å². The topological polar surface area (TPSA) is 86.2 Å². The minimum absolute atomic E-state index is 0.0268. The van der Waals surface area contributed by atoms with Gasteiger partial charge < -0.3 is 14.4 Å². The van der Waals surface area contributed by atoms with Crippen LogP contribution in [0.5, 0.6) is 11.5 Å². The third-order valence-electron chi connectivity index (χ3n) is 5.90. The average molecular weight is 505 g/mol. The van der Waals surface area contributed by atoms with Crippen molar-refractivity contribution in [1.82, 2.24) is 14.7 Å². The molecule has 1 aromatic rings. The van der Waals surface area contributed by atoms with E-state index in [1.54, 1.807) is 17.9 Å². The lowest BCUT2D eigenvalue weighted by Crippen LogP contribution is -2.58. The fourth-order valence-corrected chi connectivity index (χ4v) is 4.63. The highest BCUT2D eigenvalue weighted by atomic mass is 35.5. The zero-order valence-electron chi connectivity index (χ0n) is 19.5. The van der Waals surface area contributed by atoms with Gasteiger partial charge in [0.25, 0.3) is 11.8 Å².